The summed E-state index contributed by atoms with van der Waals surface area (Å²) in [6.07, 6.45) is -2.05. The van der Waals surface area contributed by atoms with Crippen LogP contribution in [0.15, 0.2) is 24.3 Å². The molecule has 1 aromatic rings. The molecule has 0 spiro atoms. The Hall–Kier alpha value is -3.49. The molecule has 5 N–H and O–H groups in total. The van der Waals surface area contributed by atoms with Gasteiger partial charge in [-0.25, -0.2) is 4.79 Å². The van der Waals surface area contributed by atoms with E-state index in [1.807, 2.05) is 0 Å². The summed E-state index contributed by atoms with van der Waals surface area (Å²) in [5.74, 6) is -4.35. The van der Waals surface area contributed by atoms with Crippen LogP contribution < -0.4 is 16.0 Å². The van der Waals surface area contributed by atoms with Gasteiger partial charge in [0.05, 0.1) is 23.9 Å². The highest BCUT2D eigenvalue weighted by Crippen LogP contribution is 2.21. The number of aliphatic hydroxyl groups is 1. The van der Waals surface area contributed by atoms with Gasteiger partial charge < -0.3 is 30.9 Å². The number of rotatable bonds is 16. The van der Waals surface area contributed by atoms with Crippen LogP contribution in [0.1, 0.15) is 44.8 Å². The number of carbonyl (C=O) groups is 5. The third-order valence-electron chi connectivity index (χ3n) is 5.12. The number of carboxylic acids is 1. The van der Waals surface area contributed by atoms with Crippen LogP contribution in [0, 0.1) is 16.0 Å². The Morgan fingerprint density at radius 2 is 1.64 bits per heavy atom. The van der Waals surface area contributed by atoms with E-state index >= 15 is 0 Å². The highest BCUT2D eigenvalue weighted by Gasteiger charge is 2.27. The highest BCUT2D eigenvalue weighted by molar-refractivity contribution is 6.53. The number of alkyl halides is 2. The number of ether oxygens (including phenoxy) is 1. The van der Waals surface area contributed by atoms with Crippen molar-refractivity contribution in [3.05, 3.63) is 39.9 Å². The van der Waals surface area contributed by atoms with Crippen molar-refractivity contribution in [2.45, 2.75) is 56.1 Å². The van der Waals surface area contributed by atoms with Crippen LogP contribution in [0.25, 0.3) is 0 Å². The molecule has 16 heteroatoms. The molecule has 3 atom stereocenters. The Morgan fingerprint density at radius 3 is 2.15 bits per heavy atom. The van der Waals surface area contributed by atoms with Crippen LogP contribution in [-0.2, 0) is 28.7 Å². The molecule has 0 saturated carbocycles. The van der Waals surface area contributed by atoms with E-state index in [-0.39, 0.29) is 30.0 Å². The molecule has 216 valence electrons. The fraction of sp³-hybridized carbons (Fsp3) is 0.522. The summed E-state index contributed by atoms with van der Waals surface area (Å²) in [5.41, 5.74) is -0.0635. The van der Waals surface area contributed by atoms with E-state index in [4.69, 9.17) is 33.0 Å². The number of halogens is 2. The second-order valence-corrected chi connectivity index (χ2v) is 9.85. The first kappa shape index (κ1) is 33.5. The topological polar surface area (TPSA) is 214 Å². The maximum absolute atomic E-state index is 12.1. The van der Waals surface area contributed by atoms with Gasteiger partial charge in [0, 0.05) is 18.6 Å². The van der Waals surface area contributed by atoms with Gasteiger partial charge >= 0.3 is 11.9 Å². The largest absolute Gasteiger partial charge is 0.480 e. The Kier molecular flexibility index (Phi) is 14.2. The molecule has 1 aromatic carbocycles. The molecule has 0 aliphatic heterocycles. The molecule has 0 heterocycles. The number of benzene rings is 1. The third-order valence-corrected chi connectivity index (χ3v) is 5.52. The predicted octanol–water partition coefficient (Wildman–Crippen LogP) is 0.972. The molecular formula is C23H30Cl2N4O10. The molecule has 0 aliphatic rings. The number of non-ortho nitro benzene ring substituents is 1. The Morgan fingerprint density at radius 1 is 1.03 bits per heavy atom. The van der Waals surface area contributed by atoms with Gasteiger partial charge in [-0.05, 0) is 30.0 Å². The van der Waals surface area contributed by atoms with E-state index in [1.165, 1.54) is 12.1 Å². The van der Waals surface area contributed by atoms with Gasteiger partial charge in [0.2, 0.25) is 11.8 Å². The van der Waals surface area contributed by atoms with Crippen LogP contribution in [0.5, 0.6) is 0 Å². The monoisotopic (exact) mass is 592 g/mol. The van der Waals surface area contributed by atoms with Crippen LogP contribution in [0.4, 0.5) is 5.69 Å². The number of nitro benzene ring substituents is 1. The van der Waals surface area contributed by atoms with Crippen molar-refractivity contribution in [2.24, 2.45) is 5.92 Å². The Labute approximate surface area is 233 Å². The SMILES string of the molecule is CC(C)C[C@@H](NC(=O)CNC(=O)CCC(=O)OC[C@@H](NC(=O)C(Cl)Cl)[C@H](O)c1ccc([N+](=O)[O-])cc1)C(=O)O. The fourth-order valence-electron chi connectivity index (χ4n) is 3.16. The minimum Gasteiger partial charge on any atom is -0.480 e. The number of esters is 1. The first-order chi connectivity index (χ1) is 18.2. The number of carbonyl (C=O) groups excluding carboxylic acids is 4. The number of nitrogens with zero attached hydrogens (tertiary/aromatic N) is 1. The average Bonchev–Trinajstić information content (AvgIpc) is 2.87. The number of amides is 3. The number of nitro groups is 1. The molecule has 1 rings (SSSR count). The highest BCUT2D eigenvalue weighted by atomic mass is 35.5. The molecule has 0 aromatic heterocycles. The second-order valence-electron chi connectivity index (χ2n) is 8.76. The maximum Gasteiger partial charge on any atom is 0.326 e. The minimum absolute atomic E-state index is 0.0152. The molecule has 0 fully saturated rings. The number of carboxylic acid groups (broad SMARTS) is 1. The fourth-order valence-corrected chi connectivity index (χ4v) is 3.28. The molecule has 14 nitrogen and oxygen atoms in total. The van der Waals surface area contributed by atoms with Crippen molar-refractivity contribution in [3.8, 4) is 0 Å². The number of aliphatic hydroxyl groups excluding tert-OH is 1. The maximum atomic E-state index is 12.1. The summed E-state index contributed by atoms with van der Waals surface area (Å²) in [6.45, 7) is 2.53. The minimum atomic E-state index is -1.50. The number of nitrogens with one attached hydrogen (secondary N) is 3. The zero-order chi connectivity index (χ0) is 29.7. The molecule has 0 saturated heterocycles. The van der Waals surface area contributed by atoms with Crippen molar-refractivity contribution in [1.82, 2.24) is 16.0 Å². The van der Waals surface area contributed by atoms with E-state index in [9.17, 15) is 39.2 Å². The van der Waals surface area contributed by atoms with Crippen molar-refractivity contribution in [2.75, 3.05) is 13.2 Å². The lowest BCUT2D eigenvalue weighted by Gasteiger charge is -2.24. The summed E-state index contributed by atoms with van der Waals surface area (Å²) in [4.78, 5) is 67.9. The van der Waals surface area contributed by atoms with Crippen molar-refractivity contribution in [3.63, 3.8) is 0 Å². The molecule has 39 heavy (non-hydrogen) atoms. The number of aliphatic carboxylic acids is 1. The van der Waals surface area contributed by atoms with Crippen LogP contribution in [0.2, 0.25) is 0 Å². The smallest absolute Gasteiger partial charge is 0.326 e. The summed E-state index contributed by atoms with van der Waals surface area (Å²) in [6, 6.07) is 2.44. The number of hydrogen-bond acceptors (Lipinski definition) is 9. The standard InChI is InChI=1S/C23H30Cl2N4O10/c1-12(2)9-15(23(35)36)27-18(31)10-26-17(30)7-8-19(32)39-11-16(28-22(34)21(24)25)20(33)13-3-5-14(6-4-13)29(37)38/h3-6,12,15-16,20-21,33H,7-11H2,1-2H3,(H,26,30)(H,27,31)(H,28,34)(H,35,36)/t15-,16-,20-/m1/s1. The quantitative estimate of drug-likeness (QED) is 0.0792. The van der Waals surface area contributed by atoms with Gasteiger partial charge in [0.25, 0.3) is 11.6 Å². The molecule has 0 aliphatic carbocycles. The second kappa shape index (κ2) is 16.5. The van der Waals surface area contributed by atoms with Gasteiger partial charge in [-0.3, -0.25) is 29.3 Å². The van der Waals surface area contributed by atoms with Crippen LogP contribution >= 0.6 is 23.2 Å². The zero-order valence-electron chi connectivity index (χ0n) is 21.1. The van der Waals surface area contributed by atoms with Gasteiger partial charge in [-0.15, -0.1) is 0 Å². The van der Waals surface area contributed by atoms with E-state index in [0.717, 1.165) is 12.1 Å². The Balaban J connectivity index is 2.62. The van der Waals surface area contributed by atoms with Gasteiger partial charge in [-0.2, -0.15) is 0 Å². The molecular weight excluding hydrogens is 563 g/mol. The lowest BCUT2D eigenvalue weighted by atomic mass is 10.0. The van der Waals surface area contributed by atoms with Crippen molar-refractivity contribution >= 4 is 58.5 Å². The summed E-state index contributed by atoms with van der Waals surface area (Å²) < 4.78 is 5.05. The first-order valence-corrected chi connectivity index (χ1v) is 12.5. The number of hydrogen-bond donors (Lipinski definition) is 5. The molecule has 0 bridgehead atoms. The predicted molar refractivity (Wildman–Crippen MR) is 138 cm³/mol. The van der Waals surface area contributed by atoms with E-state index in [2.05, 4.69) is 16.0 Å². The molecule has 0 radical (unpaired) electrons. The molecule has 0 unspecified atom stereocenters. The van der Waals surface area contributed by atoms with Gasteiger partial charge in [0.15, 0.2) is 4.84 Å². The normalized spacial score (nSPS) is 13.2. The summed E-state index contributed by atoms with van der Waals surface area (Å²) >= 11 is 11.1. The van der Waals surface area contributed by atoms with E-state index in [0.29, 0.717) is 0 Å². The first-order valence-electron chi connectivity index (χ1n) is 11.7. The molecule has 3 amide bonds. The van der Waals surface area contributed by atoms with Crippen molar-refractivity contribution in [1.29, 1.82) is 0 Å². The lowest BCUT2D eigenvalue weighted by Crippen LogP contribution is -2.46. The van der Waals surface area contributed by atoms with Gasteiger partial charge in [0.1, 0.15) is 18.8 Å². The van der Waals surface area contributed by atoms with E-state index < -0.39 is 77.2 Å². The average molecular weight is 593 g/mol. The van der Waals surface area contributed by atoms with Gasteiger partial charge in [-0.1, -0.05) is 37.0 Å². The lowest BCUT2D eigenvalue weighted by molar-refractivity contribution is -0.384. The third kappa shape index (κ3) is 12.7. The van der Waals surface area contributed by atoms with Crippen LogP contribution in [0.3, 0.4) is 0 Å². The summed E-state index contributed by atoms with van der Waals surface area (Å²) in [5, 5.41) is 37.5. The van der Waals surface area contributed by atoms with Crippen molar-refractivity contribution < 1.29 is 43.8 Å². The van der Waals surface area contributed by atoms with E-state index in [1.54, 1.807) is 13.8 Å². The van der Waals surface area contributed by atoms with Crippen LogP contribution in [-0.4, -0.2) is 74.9 Å². The summed E-state index contributed by atoms with van der Waals surface area (Å²) in [7, 11) is 0. The Bertz CT molecular complexity index is 1040. The zero-order valence-corrected chi connectivity index (χ0v) is 22.6.